The fourth-order valence-electron chi connectivity index (χ4n) is 2.47. The van der Waals surface area contributed by atoms with E-state index < -0.39 is 6.04 Å². The Balaban J connectivity index is 2.03. The Morgan fingerprint density at radius 1 is 0.926 bits per heavy atom. The van der Waals surface area contributed by atoms with Crippen LogP contribution in [0.3, 0.4) is 0 Å². The van der Waals surface area contributed by atoms with Crippen LogP contribution in [0.4, 0.5) is 5.69 Å². The van der Waals surface area contributed by atoms with Crippen molar-refractivity contribution >= 4 is 29.1 Å². The Bertz CT molecular complexity index is 771. The number of hydrogen-bond acceptors (Lipinski definition) is 3. The van der Waals surface area contributed by atoms with Gasteiger partial charge in [0.25, 0.3) is 5.91 Å². The number of halogens is 1. The highest BCUT2D eigenvalue weighted by Gasteiger charge is 2.24. The average Bonchev–Trinajstić information content (AvgIpc) is 2.61. The van der Waals surface area contributed by atoms with Crippen molar-refractivity contribution in [1.29, 1.82) is 0 Å². The molecule has 6 heteroatoms. The normalized spacial score (nSPS) is 12.0. The van der Waals surface area contributed by atoms with Crippen LogP contribution in [0.5, 0.6) is 5.75 Å². The summed E-state index contributed by atoms with van der Waals surface area (Å²) in [6, 6.07) is 13.0. The summed E-state index contributed by atoms with van der Waals surface area (Å²) in [5.74, 6) is 0.0651. The molecule has 5 nitrogen and oxygen atoms in total. The van der Waals surface area contributed by atoms with Gasteiger partial charge in [0.2, 0.25) is 5.91 Å². The molecule has 0 spiro atoms. The molecule has 0 aromatic heterocycles. The summed E-state index contributed by atoms with van der Waals surface area (Å²) in [5.41, 5.74) is 1.09. The van der Waals surface area contributed by atoms with Crippen LogP contribution in [-0.2, 0) is 4.79 Å². The van der Waals surface area contributed by atoms with E-state index in [0.29, 0.717) is 16.3 Å². The van der Waals surface area contributed by atoms with E-state index in [1.165, 1.54) is 0 Å². The van der Waals surface area contributed by atoms with E-state index in [-0.39, 0.29) is 23.8 Å². The lowest BCUT2D eigenvalue weighted by atomic mass is 10.0. The highest BCUT2D eigenvalue weighted by Crippen LogP contribution is 2.18. The highest BCUT2D eigenvalue weighted by molar-refractivity contribution is 6.30. The smallest absolute Gasteiger partial charge is 0.251 e. The molecule has 2 aromatic carbocycles. The third kappa shape index (κ3) is 6.29. The van der Waals surface area contributed by atoms with E-state index in [2.05, 4.69) is 10.6 Å². The third-order valence-electron chi connectivity index (χ3n) is 3.84. The summed E-state index contributed by atoms with van der Waals surface area (Å²) < 4.78 is 5.59. The Morgan fingerprint density at radius 2 is 1.52 bits per heavy atom. The SMILES string of the molecule is CC(C)Oc1ccc(NC(=O)C(NC(=O)c2ccc(Cl)cc2)C(C)C)cc1. The second kappa shape index (κ2) is 9.42. The molecule has 1 atom stereocenters. The largest absolute Gasteiger partial charge is 0.491 e. The van der Waals surface area contributed by atoms with E-state index in [1.807, 2.05) is 27.7 Å². The van der Waals surface area contributed by atoms with Crippen molar-refractivity contribution < 1.29 is 14.3 Å². The van der Waals surface area contributed by atoms with Gasteiger partial charge in [-0.3, -0.25) is 9.59 Å². The molecule has 2 aromatic rings. The molecule has 2 rings (SSSR count). The summed E-state index contributed by atoms with van der Waals surface area (Å²) >= 11 is 5.85. The number of hydrogen-bond donors (Lipinski definition) is 2. The van der Waals surface area contributed by atoms with Gasteiger partial charge in [0.1, 0.15) is 11.8 Å². The molecular weight excluding hydrogens is 364 g/mol. The van der Waals surface area contributed by atoms with Gasteiger partial charge in [-0.2, -0.15) is 0 Å². The maximum absolute atomic E-state index is 12.7. The number of nitrogens with one attached hydrogen (secondary N) is 2. The number of ether oxygens (including phenoxy) is 1. The van der Waals surface area contributed by atoms with Crippen LogP contribution < -0.4 is 15.4 Å². The number of carbonyl (C=O) groups excluding carboxylic acids is 2. The molecule has 0 aliphatic carbocycles. The summed E-state index contributed by atoms with van der Waals surface area (Å²) in [4.78, 5) is 25.1. The van der Waals surface area contributed by atoms with Gasteiger partial charge in [0.15, 0.2) is 0 Å². The van der Waals surface area contributed by atoms with Crippen LogP contribution in [0.15, 0.2) is 48.5 Å². The van der Waals surface area contributed by atoms with Crippen molar-refractivity contribution in [3.05, 3.63) is 59.1 Å². The van der Waals surface area contributed by atoms with E-state index >= 15 is 0 Å². The highest BCUT2D eigenvalue weighted by atomic mass is 35.5. The summed E-state index contributed by atoms with van der Waals surface area (Å²) in [6.07, 6.45) is 0.0823. The summed E-state index contributed by atoms with van der Waals surface area (Å²) in [5, 5.41) is 6.18. The molecule has 0 heterocycles. The van der Waals surface area contributed by atoms with Gasteiger partial charge in [-0.25, -0.2) is 0 Å². The Labute approximate surface area is 165 Å². The molecule has 27 heavy (non-hydrogen) atoms. The van der Waals surface area contributed by atoms with E-state index in [4.69, 9.17) is 16.3 Å². The first-order chi connectivity index (χ1) is 12.8. The second-order valence-corrected chi connectivity index (χ2v) is 7.32. The zero-order chi connectivity index (χ0) is 20.0. The average molecular weight is 389 g/mol. The lowest BCUT2D eigenvalue weighted by Gasteiger charge is -2.22. The van der Waals surface area contributed by atoms with Crippen LogP contribution in [0.1, 0.15) is 38.1 Å². The predicted octanol–water partition coefficient (Wildman–Crippen LogP) is 4.52. The van der Waals surface area contributed by atoms with Crippen LogP contribution >= 0.6 is 11.6 Å². The van der Waals surface area contributed by atoms with Crippen molar-refractivity contribution in [2.45, 2.75) is 39.8 Å². The van der Waals surface area contributed by atoms with E-state index in [9.17, 15) is 9.59 Å². The topological polar surface area (TPSA) is 67.4 Å². The minimum absolute atomic E-state index is 0.0789. The van der Waals surface area contributed by atoms with Crippen LogP contribution in [0.2, 0.25) is 5.02 Å². The van der Waals surface area contributed by atoms with Gasteiger partial charge in [0, 0.05) is 16.3 Å². The van der Waals surface area contributed by atoms with E-state index in [1.54, 1.807) is 48.5 Å². The minimum Gasteiger partial charge on any atom is -0.491 e. The third-order valence-corrected chi connectivity index (χ3v) is 4.09. The summed E-state index contributed by atoms with van der Waals surface area (Å²) in [7, 11) is 0. The summed E-state index contributed by atoms with van der Waals surface area (Å²) in [6.45, 7) is 7.66. The maximum atomic E-state index is 12.7. The molecule has 2 amide bonds. The van der Waals surface area contributed by atoms with Crippen LogP contribution in [0.25, 0.3) is 0 Å². The quantitative estimate of drug-likeness (QED) is 0.732. The predicted molar refractivity (Wildman–Crippen MR) is 108 cm³/mol. The molecular formula is C21H25ClN2O3. The van der Waals surface area contributed by atoms with E-state index in [0.717, 1.165) is 5.75 Å². The van der Waals surface area contributed by atoms with Crippen molar-refractivity contribution in [3.8, 4) is 5.75 Å². The number of carbonyl (C=O) groups is 2. The number of rotatable bonds is 7. The standard InChI is InChI=1S/C21H25ClN2O3/c1-13(2)19(24-20(25)15-5-7-16(22)8-6-15)21(26)23-17-9-11-18(12-10-17)27-14(3)4/h5-14,19H,1-4H3,(H,23,26)(H,24,25). The molecule has 0 bridgehead atoms. The first kappa shape index (κ1) is 20.8. The fraction of sp³-hybridized carbons (Fsp3) is 0.333. The number of anilines is 1. The Morgan fingerprint density at radius 3 is 2.04 bits per heavy atom. The molecule has 0 saturated carbocycles. The van der Waals surface area contributed by atoms with Gasteiger partial charge in [-0.05, 0) is 68.3 Å². The number of benzene rings is 2. The Hall–Kier alpha value is -2.53. The monoisotopic (exact) mass is 388 g/mol. The first-order valence-electron chi connectivity index (χ1n) is 8.90. The van der Waals surface area contributed by atoms with Gasteiger partial charge in [0.05, 0.1) is 6.10 Å². The Kier molecular flexibility index (Phi) is 7.25. The zero-order valence-electron chi connectivity index (χ0n) is 16.0. The molecule has 0 saturated heterocycles. The molecule has 1 unspecified atom stereocenters. The molecule has 0 radical (unpaired) electrons. The molecule has 0 fully saturated rings. The lowest BCUT2D eigenvalue weighted by Crippen LogP contribution is -2.47. The maximum Gasteiger partial charge on any atom is 0.251 e. The van der Waals surface area contributed by atoms with Gasteiger partial charge in [-0.15, -0.1) is 0 Å². The van der Waals surface area contributed by atoms with Crippen LogP contribution in [0, 0.1) is 5.92 Å². The van der Waals surface area contributed by atoms with Crippen molar-refractivity contribution in [3.63, 3.8) is 0 Å². The number of amides is 2. The van der Waals surface area contributed by atoms with Crippen molar-refractivity contribution in [2.75, 3.05) is 5.32 Å². The second-order valence-electron chi connectivity index (χ2n) is 6.88. The van der Waals surface area contributed by atoms with Gasteiger partial charge < -0.3 is 15.4 Å². The zero-order valence-corrected chi connectivity index (χ0v) is 16.7. The van der Waals surface area contributed by atoms with Gasteiger partial charge >= 0.3 is 0 Å². The fourth-order valence-corrected chi connectivity index (χ4v) is 2.60. The van der Waals surface area contributed by atoms with Gasteiger partial charge in [-0.1, -0.05) is 25.4 Å². The lowest BCUT2D eigenvalue weighted by molar-refractivity contribution is -0.118. The molecule has 0 aliphatic rings. The molecule has 144 valence electrons. The van der Waals surface area contributed by atoms with Crippen molar-refractivity contribution in [2.24, 2.45) is 5.92 Å². The minimum atomic E-state index is -0.667. The van der Waals surface area contributed by atoms with Crippen LogP contribution in [-0.4, -0.2) is 24.0 Å². The van der Waals surface area contributed by atoms with Crippen molar-refractivity contribution in [1.82, 2.24) is 5.32 Å². The molecule has 2 N–H and O–H groups in total. The molecule has 0 aliphatic heterocycles. The first-order valence-corrected chi connectivity index (χ1v) is 9.28.